The van der Waals surface area contributed by atoms with Crippen LogP contribution < -0.4 is 15.4 Å². The van der Waals surface area contributed by atoms with Crippen molar-refractivity contribution in [2.75, 3.05) is 13.2 Å². The molecule has 8 heteroatoms. The van der Waals surface area contributed by atoms with Crippen LogP contribution in [0.15, 0.2) is 42.5 Å². The molecule has 2 aromatic carbocycles. The molecule has 1 amide bonds. The van der Waals surface area contributed by atoms with E-state index in [9.17, 15) is 14.3 Å². The number of hydrogen-bond donors (Lipinski definition) is 3. The van der Waals surface area contributed by atoms with Gasteiger partial charge in [-0.2, -0.15) is 0 Å². The van der Waals surface area contributed by atoms with Crippen LogP contribution in [0.2, 0.25) is 10.0 Å². The first-order valence-electron chi connectivity index (χ1n) is 9.80. The maximum atomic E-state index is 13.5. The SMILES string of the molecule is C[C@H]1C2(NCC(O)c3ccc(Cl)cc3)CC1(NC(=O)COc1ccc(Cl)c(F)c1)C2. The summed E-state index contributed by atoms with van der Waals surface area (Å²) in [5.74, 6) is -0.338. The Balaban J connectivity index is 1.23. The van der Waals surface area contributed by atoms with Gasteiger partial charge < -0.3 is 20.5 Å². The average Bonchev–Trinajstić information content (AvgIpc) is 2.71. The van der Waals surface area contributed by atoms with Crippen LogP contribution in [0.3, 0.4) is 0 Å². The molecule has 0 aliphatic heterocycles. The fourth-order valence-electron chi connectivity index (χ4n) is 4.56. The summed E-state index contributed by atoms with van der Waals surface area (Å²) in [6, 6.07) is 11.2. The first-order valence-corrected chi connectivity index (χ1v) is 10.6. The lowest BCUT2D eigenvalue weighted by atomic mass is 9.37. The summed E-state index contributed by atoms with van der Waals surface area (Å²) in [5, 5.41) is 17.6. The molecule has 0 aromatic heterocycles. The van der Waals surface area contributed by atoms with Gasteiger partial charge in [0.25, 0.3) is 5.91 Å². The van der Waals surface area contributed by atoms with Crippen molar-refractivity contribution in [3.05, 3.63) is 63.9 Å². The molecule has 0 saturated heterocycles. The highest BCUT2D eigenvalue weighted by molar-refractivity contribution is 6.30. The molecule has 2 aromatic rings. The number of rotatable bonds is 8. The van der Waals surface area contributed by atoms with E-state index < -0.39 is 11.9 Å². The van der Waals surface area contributed by atoms with E-state index in [4.69, 9.17) is 27.9 Å². The normalized spacial score (nSPS) is 27.6. The minimum absolute atomic E-state index is 0.00784. The zero-order valence-electron chi connectivity index (χ0n) is 16.4. The highest BCUT2D eigenvalue weighted by atomic mass is 35.5. The molecule has 5 rings (SSSR count). The van der Waals surface area contributed by atoms with Gasteiger partial charge in [-0.25, -0.2) is 4.39 Å². The molecule has 0 spiro atoms. The number of halogens is 3. The second-order valence-electron chi connectivity index (χ2n) is 8.25. The third kappa shape index (κ3) is 3.89. The zero-order valence-corrected chi connectivity index (χ0v) is 17.9. The second-order valence-corrected chi connectivity index (χ2v) is 9.09. The fraction of sp³-hybridized carbons (Fsp3) is 0.409. The third-order valence-corrected chi connectivity index (χ3v) is 7.03. The van der Waals surface area contributed by atoms with Gasteiger partial charge >= 0.3 is 0 Å². The van der Waals surface area contributed by atoms with E-state index in [1.54, 1.807) is 12.1 Å². The molecule has 3 aliphatic carbocycles. The molecule has 2 bridgehead atoms. The molecular formula is C22H23Cl2FN2O3. The molecule has 0 heterocycles. The van der Waals surface area contributed by atoms with Crippen molar-refractivity contribution in [1.82, 2.24) is 10.6 Å². The minimum Gasteiger partial charge on any atom is -0.484 e. The van der Waals surface area contributed by atoms with Gasteiger partial charge in [-0.1, -0.05) is 42.3 Å². The predicted molar refractivity (Wildman–Crippen MR) is 113 cm³/mol. The highest BCUT2D eigenvalue weighted by Gasteiger charge is 2.74. The van der Waals surface area contributed by atoms with Crippen LogP contribution in [-0.4, -0.2) is 35.2 Å². The number of amides is 1. The molecule has 3 saturated carbocycles. The van der Waals surface area contributed by atoms with Crippen molar-refractivity contribution in [1.29, 1.82) is 0 Å². The summed E-state index contributed by atoms with van der Waals surface area (Å²) >= 11 is 11.5. The van der Waals surface area contributed by atoms with Crippen molar-refractivity contribution in [3.8, 4) is 5.75 Å². The summed E-state index contributed by atoms with van der Waals surface area (Å²) < 4.78 is 18.8. The maximum absolute atomic E-state index is 13.5. The molecule has 30 heavy (non-hydrogen) atoms. The zero-order chi connectivity index (χ0) is 21.5. The molecular weight excluding hydrogens is 430 g/mol. The molecule has 3 fully saturated rings. The first kappa shape index (κ1) is 21.4. The number of aliphatic hydroxyl groups is 1. The largest absolute Gasteiger partial charge is 0.484 e. The summed E-state index contributed by atoms with van der Waals surface area (Å²) in [5.41, 5.74) is 0.495. The smallest absolute Gasteiger partial charge is 0.258 e. The van der Waals surface area contributed by atoms with Crippen molar-refractivity contribution < 1.29 is 19.0 Å². The standard InChI is InChI=1S/C22H23Cl2FN2O3/c1-13-21(26-9-19(28)14-2-4-15(23)5-3-14)11-22(13,12-21)27-20(29)10-30-16-6-7-17(24)18(25)8-16/h2-8,13,19,26,28H,9-12H2,1H3,(H,27,29)/t13-,19?,21?,22?/m0/s1. The van der Waals surface area contributed by atoms with Crippen LogP contribution >= 0.6 is 23.2 Å². The number of carbonyl (C=O) groups is 1. The topological polar surface area (TPSA) is 70.6 Å². The third-order valence-electron chi connectivity index (χ3n) is 6.47. The van der Waals surface area contributed by atoms with Gasteiger partial charge in [-0.3, -0.25) is 4.79 Å². The van der Waals surface area contributed by atoms with E-state index in [-0.39, 0.29) is 40.3 Å². The van der Waals surface area contributed by atoms with Gasteiger partial charge in [0.05, 0.1) is 11.1 Å². The van der Waals surface area contributed by atoms with E-state index in [2.05, 4.69) is 17.6 Å². The number of benzene rings is 2. The quantitative estimate of drug-likeness (QED) is 0.568. The Bertz CT molecular complexity index is 948. The summed E-state index contributed by atoms with van der Waals surface area (Å²) in [6.07, 6.45) is 0.980. The Morgan fingerprint density at radius 1 is 1.23 bits per heavy atom. The molecule has 3 N–H and O–H groups in total. The lowest BCUT2D eigenvalue weighted by Crippen LogP contribution is -2.89. The molecule has 2 atom stereocenters. The van der Waals surface area contributed by atoms with E-state index in [1.165, 1.54) is 12.1 Å². The Morgan fingerprint density at radius 3 is 2.57 bits per heavy atom. The monoisotopic (exact) mass is 452 g/mol. The van der Waals surface area contributed by atoms with Crippen LogP contribution in [0.1, 0.15) is 31.4 Å². The van der Waals surface area contributed by atoms with Gasteiger partial charge in [0.1, 0.15) is 11.6 Å². The Labute approximate surface area is 184 Å². The number of hydrogen-bond acceptors (Lipinski definition) is 4. The van der Waals surface area contributed by atoms with Crippen LogP contribution in [-0.2, 0) is 4.79 Å². The van der Waals surface area contributed by atoms with Crippen LogP contribution in [0.5, 0.6) is 5.75 Å². The van der Waals surface area contributed by atoms with Crippen LogP contribution in [0, 0.1) is 11.7 Å². The Morgan fingerprint density at radius 2 is 1.93 bits per heavy atom. The minimum atomic E-state index is -0.623. The summed E-state index contributed by atoms with van der Waals surface area (Å²) in [6.45, 7) is 2.33. The lowest BCUT2D eigenvalue weighted by Gasteiger charge is -2.76. The van der Waals surface area contributed by atoms with Gasteiger partial charge in [0, 0.05) is 28.7 Å². The summed E-state index contributed by atoms with van der Waals surface area (Å²) in [4.78, 5) is 12.3. The second kappa shape index (κ2) is 8.00. The van der Waals surface area contributed by atoms with E-state index in [0.29, 0.717) is 11.6 Å². The van der Waals surface area contributed by atoms with Gasteiger partial charge in [-0.05, 0) is 48.6 Å². The van der Waals surface area contributed by atoms with E-state index >= 15 is 0 Å². The Kier molecular flexibility index (Phi) is 5.70. The van der Waals surface area contributed by atoms with E-state index in [0.717, 1.165) is 24.5 Å². The lowest BCUT2D eigenvalue weighted by molar-refractivity contribution is -0.181. The Hall–Kier alpha value is -1.86. The molecule has 3 aliphatic rings. The number of aliphatic hydroxyl groups excluding tert-OH is 1. The molecule has 0 radical (unpaired) electrons. The van der Waals surface area contributed by atoms with Crippen molar-refractivity contribution >= 4 is 29.1 Å². The number of carbonyl (C=O) groups excluding carboxylic acids is 1. The van der Waals surface area contributed by atoms with Gasteiger partial charge in [0.2, 0.25) is 0 Å². The van der Waals surface area contributed by atoms with Crippen LogP contribution in [0.4, 0.5) is 4.39 Å². The van der Waals surface area contributed by atoms with Gasteiger partial charge in [-0.15, -0.1) is 0 Å². The number of β-amino-alcohol motifs (C(OH)–C–C–N with tert-alkyl or cyclic N) is 1. The average molecular weight is 453 g/mol. The number of nitrogens with one attached hydrogen (secondary N) is 2. The van der Waals surface area contributed by atoms with E-state index in [1.807, 2.05) is 12.1 Å². The van der Waals surface area contributed by atoms with Crippen LogP contribution in [0.25, 0.3) is 0 Å². The van der Waals surface area contributed by atoms with Crippen molar-refractivity contribution in [3.63, 3.8) is 0 Å². The van der Waals surface area contributed by atoms with Crippen molar-refractivity contribution in [2.45, 2.75) is 36.9 Å². The summed E-state index contributed by atoms with van der Waals surface area (Å²) in [7, 11) is 0. The maximum Gasteiger partial charge on any atom is 0.258 e. The number of ether oxygens (including phenoxy) is 1. The van der Waals surface area contributed by atoms with Crippen molar-refractivity contribution in [2.24, 2.45) is 5.92 Å². The molecule has 5 nitrogen and oxygen atoms in total. The highest BCUT2D eigenvalue weighted by Crippen LogP contribution is 2.64. The molecule has 160 valence electrons. The molecule has 1 unspecified atom stereocenters. The predicted octanol–water partition coefficient (Wildman–Crippen LogP) is 3.87. The van der Waals surface area contributed by atoms with Gasteiger partial charge in [0.15, 0.2) is 6.61 Å². The first-order chi connectivity index (χ1) is 14.2. The fourth-order valence-corrected chi connectivity index (χ4v) is 4.80.